The molecule has 1 aromatic rings. The molecule has 1 aliphatic heterocycles. The average Bonchev–Trinajstić information content (AvgIpc) is 3.18. The highest BCUT2D eigenvalue weighted by molar-refractivity contribution is 6.30. The SMILES string of the molecule is CCOC(OCC)C1CO1.Oc1ccc(Cl)cc1. The van der Waals surface area contributed by atoms with Gasteiger partial charge in [0.2, 0.25) is 0 Å². The lowest BCUT2D eigenvalue weighted by Crippen LogP contribution is -2.23. The molecule has 1 N–H and O–H groups in total. The summed E-state index contributed by atoms with van der Waals surface area (Å²) in [5.41, 5.74) is 0. The lowest BCUT2D eigenvalue weighted by atomic mass is 10.3. The Morgan fingerprint density at radius 3 is 2.11 bits per heavy atom. The van der Waals surface area contributed by atoms with Gasteiger partial charge in [0.25, 0.3) is 0 Å². The topological polar surface area (TPSA) is 51.2 Å². The third-order valence-electron chi connectivity index (χ3n) is 2.15. The van der Waals surface area contributed by atoms with Gasteiger partial charge < -0.3 is 19.3 Å². The predicted molar refractivity (Wildman–Crippen MR) is 69.9 cm³/mol. The molecule has 4 nitrogen and oxygen atoms in total. The molecule has 0 saturated carbocycles. The van der Waals surface area contributed by atoms with E-state index in [-0.39, 0.29) is 18.1 Å². The molecule has 0 aromatic heterocycles. The first kappa shape index (κ1) is 15.2. The molecule has 0 amide bonds. The van der Waals surface area contributed by atoms with Gasteiger partial charge in [0, 0.05) is 18.2 Å². The van der Waals surface area contributed by atoms with E-state index in [1.54, 1.807) is 24.3 Å². The second-order valence-corrected chi connectivity index (χ2v) is 4.06. The number of halogens is 1. The molecule has 1 fully saturated rings. The van der Waals surface area contributed by atoms with Crippen molar-refractivity contribution < 1.29 is 19.3 Å². The Labute approximate surface area is 112 Å². The van der Waals surface area contributed by atoms with E-state index in [9.17, 15) is 0 Å². The number of rotatable bonds is 5. The van der Waals surface area contributed by atoms with E-state index < -0.39 is 0 Å². The summed E-state index contributed by atoms with van der Waals surface area (Å²) >= 11 is 5.50. The van der Waals surface area contributed by atoms with Gasteiger partial charge in [0.05, 0.1) is 6.61 Å². The van der Waals surface area contributed by atoms with E-state index in [1.165, 1.54) is 0 Å². The van der Waals surface area contributed by atoms with Gasteiger partial charge in [-0.2, -0.15) is 0 Å². The monoisotopic (exact) mass is 274 g/mol. The number of ether oxygens (including phenoxy) is 3. The fraction of sp³-hybridized carbons (Fsp3) is 0.538. The van der Waals surface area contributed by atoms with Gasteiger partial charge in [-0.25, -0.2) is 0 Å². The van der Waals surface area contributed by atoms with E-state index in [2.05, 4.69) is 0 Å². The quantitative estimate of drug-likeness (QED) is 0.663. The summed E-state index contributed by atoms with van der Waals surface area (Å²) in [6.45, 7) is 6.06. The molecule has 0 aliphatic carbocycles. The first-order chi connectivity index (χ1) is 8.67. The van der Waals surface area contributed by atoms with Crippen LogP contribution in [0.4, 0.5) is 0 Å². The number of hydrogen-bond donors (Lipinski definition) is 1. The zero-order valence-electron chi connectivity index (χ0n) is 10.6. The van der Waals surface area contributed by atoms with Crippen molar-refractivity contribution in [2.45, 2.75) is 26.2 Å². The molecule has 1 unspecified atom stereocenters. The third-order valence-corrected chi connectivity index (χ3v) is 2.40. The summed E-state index contributed by atoms with van der Waals surface area (Å²) in [7, 11) is 0. The van der Waals surface area contributed by atoms with E-state index in [1.807, 2.05) is 13.8 Å². The molecule has 1 aromatic carbocycles. The van der Waals surface area contributed by atoms with Crippen molar-refractivity contribution in [3.8, 4) is 5.75 Å². The number of hydrogen-bond acceptors (Lipinski definition) is 4. The minimum absolute atomic E-state index is 0.130. The molecule has 0 spiro atoms. The molecular formula is C13H19ClO4. The molecule has 0 bridgehead atoms. The molecule has 1 heterocycles. The summed E-state index contributed by atoms with van der Waals surface area (Å²) in [6.07, 6.45) is 0.0647. The maximum Gasteiger partial charge on any atom is 0.185 e. The summed E-state index contributed by atoms with van der Waals surface area (Å²) in [5.74, 6) is 0.245. The number of epoxide rings is 1. The van der Waals surface area contributed by atoms with Crippen molar-refractivity contribution in [1.82, 2.24) is 0 Å². The molecule has 2 rings (SSSR count). The summed E-state index contributed by atoms with van der Waals surface area (Å²) in [4.78, 5) is 0. The molecule has 1 atom stereocenters. The van der Waals surface area contributed by atoms with Gasteiger partial charge in [0.15, 0.2) is 6.29 Å². The van der Waals surface area contributed by atoms with Crippen LogP contribution in [0.2, 0.25) is 5.02 Å². The third kappa shape index (κ3) is 6.21. The van der Waals surface area contributed by atoms with Crippen LogP contribution >= 0.6 is 11.6 Å². The van der Waals surface area contributed by atoms with Crippen LogP contribution < -0.4 is 0 Å². The normalized spacial score (nSPS) is 17.2. The van der Waals surface area contributed by atoms with Crippen LogP contribution in [-0.4, -0.2) is 37.3 Å². The van der Waals surface area contributed by atoms with Crippen LogP contribution in [0.5, 0.6) is 5.75 Å². The Hall–Kier alpha value is -0.810. The van der Waals surface area contributed by atoms with Gasteiger partial charge in [-0.3, -0.25) is 0 Å². The van der Waals surface area contributed by atoms with Crippen LogP contribution in [-0.2, 0) is 14.2 Å². The first-order valence-corrected chi connectivity index (χ1v) is 6.34. The Morgan fingerprint density at radius 2 is 1.78 bits per heavy atom. The highest BCUT2D eigenvalue weighted by atomic mass is 35.5. The lowest BCUT2D eigenvalue weighted by Gasteiger charge is -2.13. The van der Waals surface area contributed by atoms with E-state index in [0.29, 0.717) is 18.2 Å². The molecule has 1 saturated heterocycles. The molecule has 0 radical (unpaired) electrons. The molecule has 18 heavy (non-hydrogen) atoms. The largest absolute Gasteiger partial charge is 0.508 e. The van der Waals surface area contributed by atoms with Crippen molar-refractivity contribution >= 4 is 11.6 Å². The van der Waals surface area contributed by atoms with Crippen molar-refractivity contribution in [2.24, 2.45) is 0 Å². The molecule has 102 valence electrons. The van der Waals surface area contributed by atoms with E-state index in [0.717, 1.165) is 6.61 Å². The van der Waals surface area contributed by atoms with Crippen molar-refractivity contribution in [3.63, 3.8) is 0 Å². The number of benzene rings is 1. The standard InChI is InChI=1S/C7H14O3.C6H5ClO/c1-3-8-7(9-4-2)6-5-10-6;7-5-1-3-6(8)4-2-5/h6-7H,3-5H2,1-2H3;1-4,8H. The Morgan fingerprint density at radius 1 is 1.28 bits per heavy atom. The van der Waals surface area contributed by atoms with Gasteiger partial charge >= 0.3 is 0 Å². The molecule has 5 heteroatoms. The van der Waals surface area contributed by atoms with Gasteiger partial charge in [0.1, 0.15) is 11.9 Å². The Balaban J connectivity index is 0.000000184. The van der Waals surface area contributed by atoms with Crippen LogP contribution in [0.3, 0.4) is 0 Å². The minimum atomic E-state index is -0.130. The average molecular weight is 275 g/mol. The number of aromatic hydroxyl groups is 1. The first-order valence-electron chi connectivity index (χ1n) is 5.96. The second-order valence-electron chi connectivity index (χ2n) is 3.63. The fourth-order valence-corrected chi connectivity index (χ4v) is 1.37. The molecular weight excluding hydrogens is 256 g/mol. The lowest BCUT2D eigenvalue weighted by molar-refractivity contribution is -0.147. The van der Waals surface area contributed by atoms with E-state index >= 15 is 0 Å². The maximum absolute atomic E-state index is 8.70. The smallest absolute Gasteiger partial charge is 0.185 e. The zero-order chi connectivity index (χ0) is 13.4. The highest BCUT2D eigenvalue weighted by Crippen LogP contribution is 2.17. The van der Waals surface area contributed by atoms with Crippen molar-refractivity contribution in [2.75, 3.05) is 19.8 Å². The number of phenols is 1. The van der Waals surface area contributed by atoms with Crippen molar-refractivity contribution in [1.29, 1.82) is 0 Å². The van der Waals surface area contributed by atoms with Crippen LogP contribution in [0.15, 0.2) is 24.3 Å². The number of phenolic OH excluding ortho intramolecular Hbond substituents is 1. The van der Waals surface area contributed by atoms with Gasteiger partial charge in [-0.1, -0.05) is 11.6 Å². The van der Waals surface area contributed by atoms with Crippen molar-refractivity contribution in [3.05, 3.63) is 29.3 Å². The second kappa shape index (κ2) is 8.32. The predicted octanol–water partition coefficient (Wildman–Crippen LogP) is 2.83. The molecule has 1 aliphatic rings. The van der Waals surface area contributed by atoms with Gasteiger partial charge in [-0.15, -0.1) is 0 Å². The Bertz CT molecular complexity index is 297. The van der Waals surface area contributed by atoms with E-state index in [4.69, 9.17) is 30.9 Å². The minimum Gasteiger partial charge on any atom is -0.508 e. The highest BCUT2D eigenvalue weighted by Gasteiger charge is 2.33. The van der Waals surface area contributed by atoms with Crippen LogP contribution in [0, 0.1) is 0 Å². The van der Waals surface area contributed by atoms with Gasteiger partial charge in [-0.05, 0) is 38.1 Å². The zero-order valence-corrected chi connectivity index (χ0v) is 11.4. The fourth-order valence-electron chi connectivity index (χ4n) is 1.25. The summed E-state index contributed by atoms with van der Waals surface area (Å²) in [6, 6.07) is 6.36. The van der Waals surface area contributed by atoms with Crippen LogP contribution in [0.1, 0.15) is 13.8 Å². The maximum atomic E-state index is 8.70. The summed E-state index contributed by atoms with van der Waals surface area (Å²) < 4.78 is 15.5. The Kier molecular flexibility index (Phi) is 7.05. The van der Waals surface area contributed by atoms with Crippen LogP contribution in [0.25, 0.3) is 0 Å². The summed E-state index contributed by atoms with van der Waals surface area (Å²) in [5, 5.41) is 9.34.